The lowest BCUT2D eigenvalue weighted by molar-refractivity contribution is -0.531. The molecular weight excluding hydrogens is 672 g/mol. The Kier molecular flexibility index (Phi) is 9.15. The number of fused-ring (bicyclic) bond motifs is 7. The Balaban J connectivity index is 1.42. The molecule has 15 heteroatoms. The third-order valence-corrected chi connectivity index (χ3v) is 15.8. The highest BCUT2D eigenvalue weighted by Gasteiger charge is 2.75. The van der Waals surface area contributed by atoms with Crippen LogP contribution in [0.1, 0.15) is 86.0 Å². The molecule has 1 aliphatic heterocycles. The number of hydrogen-bond donors (Lipinski definition) is 12. The molecule has 15 nitrogen and oxygen atoms in total. The predicted octanol–water partition coefficient (Wildman–Crippen LogP) is -1.66. The Morgan fingerprint density at radius 3 is 2.02 bits per heavy atom. The highest BCUT2D eigenvalue weighted by Crippen LogP contribution is 2.76. The molecule has 1 heterocycles. The number of carbonyl (C=O) groups excluding carboxylic acids is 1. The normalized spacial score (nSPS) is 50.8. The van der Waals surface area contributed by atoms with Crippen LogP contribution in [0.5, 0.6) is 0 Å². The second-order valence-electron chi connectivity index (χ2n) is 18.3. The number of hydrogen-bond acceptors (Lipinski definition) is 15. The van der Waals surface area contributed by atoms with Crippen molar-refractivity contribution < 1.29 is 75.5 Å². The summed E-state index contributed by atoms with van der Waals surface area (Å²) in [5.41, 5.74) is -4.41. The molecule has 5 fully saturated rings. The molecule has 0 aromatic heterocycles. The van der Waals surface area contributed by atoms with E-state index in [1.165, 1.54) is 0 Å². The van der Waals surface area contributed by atoms with Crippen LogP contribution < -0.4 is 0 Å². The van der Waals surface area contributed by atoms with Crippen molar-refractivity contribution in [3.63, 3.8) is 0 Å². The molecule has 0 bridgehead atoms. The minimum atomic E-state index is -3.92. The number of aliphatic hydroxyl groups excluding tert-OH is 7. The standard InChI is InChI=1S/C36H58O15/c1-28(2)10-12-32(27(44)51-36(49)26(43)35(47,48)34(45,46)22(15-37)50-36)13-11-30(4)18(23(32)25(28)42)6-7-20-29(3)14-19(40)24(41)33(16-38,17-39)21(29)8-9-31(20,30)5/h6,19-26,37-43,45-49H,7-17H2,1-5H3/t19-,20-,21-,22-,23-,24+,25+,26-,29-,30-,31-,32+,36-/m1/s1. The van der Waals surface area contributed by atoms with Crippen molar-refractivity contribution in [1.82, 2.24) is 0 Å². The van der Waals surface area contributed by atoms with Crippen molar-refractivity contribution in [3.8, 4) is 0 Å². The molecule has 0 aromatic rings. The molecular formula is C36H58O15. The zero-order valence-electron chi connectivity index (χ0n) is 30.1. The summed E-state index contributed by atoms with van der Waals surface area (Å²) in [4.78, 5) is 14.5. The van der Waals surface area contributed by atoms with Crippen LogP contribution in [0.25, 0.3) is 0 Å². The van der Waals surface area contributed by atoms with Gasteiger partial charge in [-0.15, -0.1) is 0 Å². The van der Waals surface area contributed by atoms with E-state index in [9.17, 15) is 66.1 Å². The summed E-state index contributed by atoms with van der Waals surface area (Å²) in [7, 11) is 0. The zero-order chi connectivity index (χ0) is 38.2. The van der Waals surface area contributed by atoms with Crippen LogP contribution >= 0.6 is 0 Å². The lowest BCUT2D eigenvalue weighted by Gasteiger charge is -2.72. The molecule has 4 saturated carbocycles. The number of ether oxygens (including phenoxy) is 2. The first-order valence-corrected chi connectivity index (χ1v) is 18.2. The van der Waals surface area contributed by atoms with Gasteiger partial charge in [0.25, 0.3) is 11.6 Å². The first-order valence-electron chi connectivity index (χ1n) is 18.2. The lowest BCUT2D eigenvalue weighted by atomic mass is 9.33. The molecule has 12 N–H and O–H groups in total. The monoisotopic (exact) mass is 730 g/mol. The van der Waals surface area contributed by atoms with Crippen molar-refractivity contribution in [2.24, 2.45) is 50.2 Å². The maximum atomic E-state index is 14.5. The Hall–Kier alpha value is -1.31. The zero-order valence-corrected chi connectivity index (χ0v) is 30.1. The van der Waals surface area contributed by atoms with Gasteiger partial charge in [0, 0.05) is 11.3 Å². The van der Waals surface area contributed by atoms with Gasteiger partial charge in [0.1, 0.15) is 6.10 Å². The van der Waals surface area contributed by atoms with E-state index in [1.807, 2.05) is 19.9 Å². The number of aliphatic hydroxyl groups is 12. The molecule has 13 atom stereocenters. The van der Waals surface area contributed by atoms with E-state index >= 15 is 0 Å². The van der Waals surface area contributed by atoms with E-state index in [-0.39, 0.29) is 31.1 Å². The molecule has 292 valence electrons. The fourth-order valence-corrected chi connectivity index (χ4v) is 12.3. The number of carbonyl (C=O) groups is 1. The Morgan fingerprint density at radius 1 is 0.824 bits per heavy atom. The molecule has 6 aliphatic rings. The van der Waals surface area contributed by atoms with Crippen molar-refractivity contribution in [2.75, 3.05) is 19.8 Å². The predicted molar refractivity (Wildman–Crippen MR) is 174 cm³/mol. The molecule has 5 aliphatic carbocycles. The van der Waals surface area contributed by atoms with Crippen LogP contribution in [-0.4, -0.2) is 135 Å². The first kappa shape index (κ1) is 39.4. The van der Waals surface area contributed by atoms with Gasteiger partial charge in [-0.05, 0) is 84.9 Å². The largest absolute Gasteiger partial charge is 0.405 e. The summed E-state index contributed by atoms with van der Waals surface area (Å²) in [5.74, 6) is -13.5. The van der Waals surface area contributed by atoms with Crippen molar-refractivity contribution in [3.05, 3.63) is 11.6 Å². The second kappa shape index (κ2) is 11.8. The maximum Gasteiger partial charge on any atom is 0.360 e. The third-order valence-electron chi connectivity index (χ3n) is 15.8. The smallest absolute Gasteiger partial charge is 0.360 e. The minimum absolute atomic E-state index is 0.0910. The summed E-state index contributed by atoms with van der Waals surface area (Å²) in [6.45, 7) is 7.86. The van der Waals surface area contributed by atoms with Crippen molar-refractivity contribution in [1.29, 1.82) is 0 Å². The molecule has 51 heavy (non-hydrogen) atoms. The lowest BCUT2D eigenvalue weighted by Crippen LogP contribution is -2.79. The van der Waals surface area contributed by atoms with Crippen molar-refractivity contribution >= 4 is 5.97 Å². The van der Waals surface area contributed by atoms with Gasteiger partial charge in [-0.3, -0.25) is 4.79 Å². The maximum absolute atomic E-state index is 14.5. The van der Waals surface area contributed by atoms with Gasteiger partial charge in [-0.25, -0.2) is 0 Å². The van der Waals surface area contributed by atoms with Gasteiger partial charge in [-0.2, -0.15) is 0 Å². The van der Waals surface area contributed by atoms with Crippen LogP contribution in [0.3, 0.4) is 0 Å². The Morgan fingerprint density at radius 2 is 1.43 bits per heavy atom. The Labute approximate surface area is 297 Å². The van der Waals surface area contributed by atoms with Gasteiger partial charge in [0.15, 0.2) is 0 Å². The van der Waals surface area contributed by atoms with Gasteiger partial charge < -0.3 is 70.8 Å². The van der Waals surface area contributed by atoms with Crippen LogP contribution in [-0.2, 0) is 14.3 Å². The van der Waals surface area contributed by atoms with E-state index in [2.05, 4.69) is 20.8 Å². The van der Waals surface area contributed by atoms with Crippen LogP contribution in [0.2, 0.25) is 0 Å². The van der Waals surface area contributed by atoms with E-state index in [1.54, 1.807) is 0 Å². The quantitative estimate of drug-likeness (QED) is 0.0857. The van der Waals surface area contributed by atoms with Crippen LogP contribution in [0.15, 0.2) is 11.6 Å². The molecule has 0 radical (unpaired) electrons. The second-order valence-corrected chi connectivity index (χ2v) is 18.3. The molecule has 1 saturated heterocycles. The molecule has 0 spiro atoms. The number of allylic oxidation sites excluding steroid dienone is 1. The first-order chi connectivity index (χ1) is 23.4. The average Bonchev–Trinajstić information content (AvgIpc) is 3.05. The van der Waals surface area contributed by atoms with Crippen LogP contribution in [0.4, 0.5) is 0 Å². The van der Waals surface area contributed by atoms with E-state index in [0.29, 0.717) is 32.1 Å². The fraction of sp³-hybridized carbons (Fsp3) is 0.917. The summed E-state index contributed by atoms with van der Waals surface area (Å²) in [5, 5.41) is 129. The van der Waals surface area contributed by atoms with E-state index < -0.39 is 112 Å². The Bertz CT molecular complexity index is 1430. The number of rotatable bonds is 5. The fourth-order valence-electron chi connectivity index (χ4n) is 12.3. The summed E-state index contributed by atoms with van der Waals surface area (Å²) in [6.07, 6.45) is -3.91. The summed E-state index contributed by atoms with van der Waals surface area (Å²) < 4.78 is 10.5. The molecule has 0 amide bonds. The van der Waals surface area contributed by atoms with Gasteiger partial charge in [0.2, 0.25) is 6.10 Å². The molecule has 0 aromatic carbocycles. The number of esters is 1. The topological polar surface area (TPSA) is 278 Å². The van der Waals surface area contributed by atoms with Gasteiger partial charge in [-0.1, -0.05) is 46.3 Å². The highest BCUT2D eigenvalue weighted by molar-refractivity contribution is 5.79. The van der Waals surface area contributed by atoms with Gasteiger partial charge >= 0.3 is 11.9 Å². The van der Waals surface area contributed by atoms with Crippen LogP contribution in [0, 0.1) is 50.2 Å². The van der Waals surface area contributed by atoms with E-state index in [4.69, 9.17) is 9.47 Å². The SMILES string of the molecule is CC1(C)CC[C@]2(C(=O)O[C@]3(O)O[C@H](CO)C(O)(O)C(O)(O)[C@H]3O)CC[C@]3(C)C(=CC[C@@H]4[C@@]5(C)C[C@@H](O)[C@H](O)C(CO)(CO)[C@@H]5CC[C@]43C)[C@@H]2[C@@H]1O. The highest BCUT2D eigenvalue weighted by atomic mass is 16.9. The molecule has 6 rings (SSSR count). The summed E-state index contributed by atoms with van der Waals surface area (Å²) >= 11 is 0. The molecule has 0 unspecified atom stereocenters. The van der Waals surface area contributed by atoms with Crippen molar-refractivity contribution in [2.45, 2.75) is 134 Å². The van der Waals surface area contributed by atoms with Gasteiger partial charge in [0.05, 0.1) is 43.5 Å². The van der Waals surface area contributed by atoms with E-state index in [0.717, 1.165) is 5.57 Å². The summed E-state index contributed by atoms with van der Waals surface area (Å²) in [6, 6.07) is 0. The minimum Gasteiger partial charge on any atom is -0.405 e. The third kappa shape index (κ3) is 4.80. The average molecular weight is 731 g/mol.